The van der Waals surface area contributed by atoms with Crippen molar-refractivity contribution in [2.75, 3.05) is 0 Å². The Morgan fingerprint density at radius 1 is 1.04 bits per heavy atom. The lowest BCUT2D eigenvalue weighted by Crippen LogP contribution is -2.22. The number of rotatable bonds is 3. The van der Waals surface area contributed by atoms with E-state index in [1.54, 1.807) is 0 Å². The first-order chi connectivity index (χ1) is 11.2. The summed E-state index contributed by atoms with van der Waals surface area (Å²) >= 11 is 0. The van der Waals surface area contributed by atoms with Crippen LogP contribution in [0, 0.1) is 6.92 Å². The van der Waals surface area contributed by atoms with Crippen LogP contribution in [0.1, 0.15) is 53.1 Å². The smallest absolute Gasteiger partial charge is 0.267 e. The van der Waals surface area contributed by atoms with Crippen molar-refractivity contribution in [3.05, 3.63) is 71.3 Å². The summed E-state index contributed by atoms with van der Waals surface area (Å²) in [7, 11) is 0. The number of amides is 1. The van der Waals surface area contributed by atoms with Gasteiger partial charge in [-0.3, -0.25) is 4.79 Å². The third-order valence-electron chi connectivity index (χ3n) is 4.43. The number of hydrogen-bond donors (Lipinski definition) is 1. The predicted octanol–water partition coefficient (Wildman–Crippen LogP) is 4.44. The highest BCUT2D eigenvalue weighted by Gasteiger charge is 2.19. The third kappa shape index (κ3) is 4.07. The second-order valence-corrected chi connectivity index (χ2v) is 6.17. The molecule has 3 rings (SSSR count). The van der Waals surface area contributed by atoms with E-state index < -0.39 is 0 Å². The minimum atomic E-state index is -0.133. The quantitative estimate of drug-likeness (QED) is 0.837. The SMILES string of the molecule is Cc1cccc(C(=O)NN=C2CCC(c3ccccc3)CC2)c1. The summed E-state index contributed by atoms with van der Waals surface area (Å²) in [5.74, 6) is 0.481. The molecule has 3 nitrogen and oxygen atoms in total. The molecule has 0 unspecified atom stereocenters. The Hall–Kier alpha value is -2.42. The molecule has 0 spiro atoms. The number of aryl methyl sites for hydroxylation is 1. The van der Waals surface area contributed by atoms with Gasteiger partial charge in [0.15, 0.2) is 0 Å². The molecule has 0 saturated heterocycles. The van der Waals surface area contributed by atoms with Gasteiger partial charge in [-0.05, 0) is 56.2 Å². The lowest BCUT2D eigenvalue weighted by Gasteiger charge is -2.23. The molecule has 0 atom stereocenters. The largest absolute Gasteiger partial charge is 0.271 e. The fraction of sp³-hybridized carbons (Fsp3) is 0.300. The van der Waals surface area contributed by atoms with E-state index in [-0.39, 0.29) is 5.91 Å². The molecule has 3 heteroatoms. The molecule has 1 aliphatic rings. The first-order valence-corrected chi connectivity index (χ1v) is 8.20. The van der Waals surface area contributed by atoms with Gasteiger partial charge in [0, 0.05) is 11.3 Å². The molecule has 23 heavy (non-hydrogen) atoms. The van der Waals surface area contributed by atoms with Crippen LogP contribution >= 0.6 is 0 Å². The van der Waals surface area contributed by atoms with Gasteiger partial charge >= 0.3 is 0 Å². The Labute approximate surface area is 137 Å². The Kier molecular flexibility index (Phi) is 4.86. The normalized spacial score (nSPS) is 17.6. The molecule has 0 bridgehead atoms. The third-order valence-corrected chi connectivity index (χ3v) is 4.43. The van der Waals surface area contributed by atoms with Gasteiger partial charge in [-0.2, -0.15) is 5.10 Å². The second-order valence-electron chi connectivity index (χ2n) is 6.17. The van der Waals surface area contributed by atoms with Crippen molar-refractivity contribution in [2.24, 2.45) is 5.10 Å². The second kappa shape index (κ2) is 7.23. The summed E-state index contributed by atoms with van der Waals surface area (Å²) in [6, 6.07) is 18.2. The number of benzene rings is 2. The maximum absolute atomic E-state index is 12.1. The minimum Gasteiger partial charge on any atom is -0.267 e. The zero-order chi connectivity index (χ0) is 16.1. The molecule has 0 radical (unpaired) electrons. The standard InChI is InChI=1S/C20H22N2O/c1-15-6-5-9-18(14-15)20(23)22-21-19-12-10-17(11-13-19)16-7-3-2-4-8-16/h2-9,14,17H,10-13H2,1H3,(H,22,23). The number of nitrogens with zero attached hydrogens (tertiary/aromatic N) is 1. The van der Waals surface area contributed by atoms with E-state index in [2.05, 4.69) is 40.9 Å². The zero-order valence-electron chi connectivity index (χ0n) is 13.5. The van der Waals surface area contributed by atoms with Gasteiger partial charge in [-0.25, -0.2) is 5.43 Å². The van der Waals surface area contributed by atoms with Gasteiger partial charge in [0.2, 0.25) is 0 Å². The maximum Gasteiger partial charge on any atom is 0.271 e. The van der Waals surface area contributed by atoms with Crippen LogP contribution in [-0.2, 0) is 0 Å². The molecule has 1 N–H and O–H groups in total. The van der Waals surface area contributed by atoms with Crippen molar-refractivity contribution in [1.29, 1.82) is 0 Å². The molecule has 1 amide bonds. The Morgan fingerprint density at radius 3 is 2.48 bits per heavy atom. The summed E-state index contributed by atoms with van der Waals surface area (Å²) in [4.78, 5) is 12.1. The van der Waals surface area contributed by atoms with E-state index in [4.69, 9.17) is 0 Å². The van der Waals surface area contributed by atoms with Crippen LogP contribution in [-0.4, -0.2) is 11.6 Å². The maximum atomic E-state index is 12.1. The zero-order valence-corrected chi connectivity index (χ0v) is 13.5. The van der Waals surface area contributed by atoms with Crippen LogP contribution in [0.5, 0.6) is 0 Å². The first-order valence-electron chi connectivity index (χ1n) is 8.20. The van der Waals surface area contributed by atoms with Gasteiger partial charge in [0.05, 0.1) is 0 Å². The van der Waals surface area contributed by atoms with Crippen molar-refractivity contribution in [3.63, 3.8) is 0 Å². The summed E-state index contributed by atoms with van der Waals surface area (Å²) in [6.45, 7) is 1.98. The van der Waals surface area contributed by atoms with Crippen LogP contribution in [0.25, 0.3) is 0 Å². The van der Waals surface area contributed by atoms with Crippen LogP contribution in [0.15, 0.2) is 59.7 Å². The lowest BCUT2D eigenvalue weighted by molar-refractivity contribution is 0.0954. The fourth-order valence-corrected chi connectivity index (χ4v) is 3.10. The fourth-order valence-electron chi connectivity index (χ4n) is 3.10. The summed E-state index contributed by atoms with van der Waals surface area (Å²) in [5, 5.41) is 4.33. The van der Waals surface area contributed by atoms with Crippen molar-refractivity contribution >= 4 is 11.6 Å². The van der Waals surface area contributed by atoms with Crippen LogP contribution in [0.2, 0.25) is 0 Å². The number of hydrazone groups is 1. The van der Waals surface area contributed by atoms with E-state index in [9.17, 15) is 4.79 Å². The van der Waals surface area contributed by atoms with Crippen LogP contribution in [0.3, 0.4) is 0 Å². The molecular formula is C20H22N2O. The van der Waals surface area contributed by atoms with E-state index in [0.717, 1.165) is 37.0 Å². The molecule has 0 heterocycles. The number of carbonyl (C=O) groups is 1. The van der Waals surface area contributed by atoms with E-state index >= 15 is 0 Å². The topological polar surface area (TPSA) is 41.5 Å². The first kappa shape index (κ1) is 15.5. The number of nitrogens with one attached hydrogen (secondary N) is 1. The van der Waals surface area contributed by atoms with Gasteiger partial charge in [0.25, 0.3) is 5.91 Å². The number of hydrogen-bond acceptors (Lipinski definition) is 2. The molecule has 2 aromatic rings. The van der Waals surface area contributed by atoms with Crippen molar-refractivity contribution in [2.45, 2.75) is 38.5 Å². The highest BCUT2D eigenvalue weighted by atomic mass is 16.2. The molecule has 118 valence electrons. The van der Waals surface area contributed by atoms with E-state index in [1.165, 1.54) is 5.56 Å². The van der Waals surface area contributed by atoms with Gasteiger partial charge in [-0.15, -0.1) is 0 Å². The lowest BCUT2D eigenvalue weighted by atomic mass is 9.83. The van der Waals surface area contributed by atoms with Gasteiger partial charge < -0.3 is 0 Å². The molecule has 0 aromatic heterocycles. The van der Waals surface area contributed by atoms with Crippen molar-refractivity contribution in [3.8, 4) is 0 Å². The van der Waals surface area contributed by atoms with Crippen LogP contribution in [0.4, 0.5) is 0 Å². The highest BCUT2D eigenvalue weighted by molar-refractivity contribution is 5.95. The van der Waals surface area contributed by atoms with Crippen molar-refractivity contribution in [1.82, 2.24) is 5.43 Å². The molecule has 1 saturated carbocycles. The van der Waals surface area contributed by atoms with E-state index in [1.807, 2.05) is 31.2 Å². The Bertz CT molecular complexity index is 697. The van der Waals surface area contributed by atoms with E-state index in [0.29, 0.717) is 11.5 Å². The molecule has 1 aliphatic carbocycles. The summed E-state index contributed by atoms with van der Waals surface area (Å²) in [5.41, 5.74) is 6.94. The Morgan fingerprint density at radius 2 is 1.78 bits per heavy atom. The predicted molar refractivity (Wildman–Crippen MR) is 93.7 cm³/mol. The average Bonchev–Trinajstić information content (AvgIpc) is 2.61. The average molecular weight is 306 g/mol. The molecular weight excluding hydrogens is 284 g/mol. The molecule has 0 aliphatic heterocycles. The molecule has 2 aromatic carbocycles. The summed E-state index contributed by atoms with van der Waals surface area (Å²) in [6.07, 6.45) is 4.10. The highest BCUT2D eigenvalue weighted by Crippen LogP contribution is 2.31. The molecule has 1 fully saturated rings. The number of carbonyl (C=O) groups excluding carboxylic acids is 1. The van der Waals surface area contributed by atoms with Gasteiger partial charge in [0.1, 0.15) is 0 Å². The minimum absolute atomic E-state index is 0.133. The summed E-state index contributed by atoms with van der Waals surface area (Å²) < 4.78 is 0. The Balaban J connectivity index is 1.55. The van der Waals surface area contributed by atoms with Gasteiger partial charge in [-0.1, -0.05) is 48.0 Å². The van der Waals surface area contributed by atoms with Crippen LogP contribution < -0.4 is 5.43 Å². The van der Waals surface area contributed by atoms with Crippen molar-refractivity contribution < 1.29 is 4.79 Å². The monoisotopic (exact) mass is 306 g/mol.